The van der Waals surface area contributed by atoms with Crippen LogP contribution in [0.3, 0.4) is 0 Å². The number of amides is 1. The first-order valence-electron chi connectivity index (χ1n) is 7.85. The lowest BCUT2D eigenvalue weighted by molar-refractivity contribution is -0.154. The summed E-state index contributed by atoms with van der Waals surface area (Å²) >= 11 is 0. The van der Waals surface area contributed by atoms with Crippen molar-refractivity contribution in [3.8, 4) is 0 Å². The molecule has 2 rings (SSSR count). The van der Waals surface area contributed by atoms with Crippen LogP contribution in [0.1, 0.15) is 37.0 Å². The summed E-state index contributed by atoms with van der Waals surface area (Å²) in [4.78, 5) is 35.7. The van der Waals surface area contributed by atoms with Gasteiger partial charge < -0.3 is 15.2 Å². The van der Waals surface area contributed by atoms with Crippen LogP contribution in [0.25, 0.3) is 0 Å². The van der Waals surface area contributed by atoms with Gasteiger partial charge in [-0.2, -0.15) is 0 Å². The maximum absolute atomic E-state index is 12.5. The number of carboxylic acids is 1. The Balaban J connectivity index is 2.10. The minimum absolute atomic E-state index is 0.292. The Hall–Kier alpha value is -2.63. The number of anilines is 1. The quantitative estimate of drug-likeness (QED) is 0.639. The molecule has 0 bridgehead atoms. The lowest BCUT2D eigenvalue weighted by atomic mass is 9.69. The molecule has 0 saturated heterocycles. The van der Waals surface area contributed by atoms with E-state index in [9.17, 15) is 19.5 Å². The van der Waals surface area contributed by atoms with Crippen molar-refractivity contribution < 1.29 is 24.2 Å². The third-order valence-electron chi connectivity index (χ3n) is 4.32. The number of carbonyl (C=O) groups is 3. The second kappa shape index (κ2) is 7.29. The van der Waals surface area contributed by atoms with E-state index in [-0.39, 0.29) is 5.91 Å². The van der Waals surface area contributed by atoms with E-state index >= 15 is 0 Å². The summed E-state index contributed by atoms with van der Waals surface area (Å²) in [6.45, 7) is 3.61. The van der Waals surface area contributed by atoms with E-state index in [4.69, 9.17) is 4.74 Å². The van der Waals surface area contributed by atoms with E-state index in [1.54, 1.807) is 44.2 Å². The number of hydrogen-bond acceptors (Lipinski definition) is 4. The fourth-order valence-electron chi connectivity index (χ4n) is 2.73. The van der Waals surface area contributed by atoms with Crippen molar-refractivity contribution in [3.63, 3.8) is 0 Å². The largest absolute Gasteiger partial charge is 0.481 e. The molecule has 1 aromatic rings. The van der Waals surface area contributed by atoms with Gasteiger partial charge in [-0.05, 0) is 51.0 Å². The van der Waals surface area contributed by atoms with Gasteiger partial charge in [0.25, 0.3) is 0 Å². The van der Waals surface area contributed by atoms with Gasteiger partial charge in [0.1, 0.15) is 0 Å². The Morgan fingerprint density at radius 1 is 1.25 bits per heavy atom. The van der Waals surface area contributed by atoms with Gasteiger partial charge in [0.15, 0.2) is 0 Å². The Morgan fingerprint density at radius 2 is 1.92 bits per heavy atom. The first kappa shape index (κ1) is 17.7. The molecule has 24 heavy (non-hydrogen) atoms. The molecule has 6 nitrogen and oxygen atoms in total. The number of hydrogen-bond donors (Lipinski definition) is 2. The zero-order chi connectivity index (χ0) is 17.7. The van der Waals surface area contributed by atoms with Crippen LogP contribution in [0.2, 0.25) is 0 Å². The molecule has 0 spiro atoms. The van der Waals surface area contributed by atoms with Gasteiger partial charge in [0.05, 0.1) is 23.5 Å². The Labute approximate surface area is 140 Å². The van der Waals surface area contributed by atoms with Gasteiger partial charge in [0, 0.05) is 5.69 Å². The van der Waals surface area contributed by atoms with Crippen LogP contribution in [-0.4, -0.2) is 29.6 Å². The molecule has 6 heteroatoms. The first-order valence-corrected chi connectivity index (χ1v) is 7.85. The lowest BCUT2D eigenvalue weighted by Gasteiger charge is -2.34. The lowest BCUT2D eigenvalue weighted by Crippen LogP contribution is -2.43. The molecule has 2 atom stereocenters. The van der Waals surface area contributed by atoms with E-state index in [1.807, 2.05) is 6.08 Å². The van der Waals surface area contributed by atoms with Gasteiger partial charge >= 0.3 is 11.9 Å². The van der Waals surface area contributed by atoms with E-state index in [1.165, 1.54) is 0 Å². The van der Waals surface area contributed by atoms with E-state index in [2.05, 4.69) is 5.32 Å². The summed E-state index contributed by atoms with van der Waals surface area (Å²) in [6, 6.07) is 6.32. The predicted molar refractivity (Wildman–Crippen MR) is 88.6 cm³/mol. The number of nitrogens with one attached hydrogen (secondary N) is 1. The van der Waals surface area contributed by atoms with Crippen molar-refractivity contribution in [1.29, 1.82) is 0 Å². The predicted octanol–water partition coefficient (Wildman–Crippen LogP) is 2.86. The fraction of sp³-hybridized carbons (Fsp3) is 0.389. The Morgan fingerprint density at radius 3 is 2.50 bits per heavy atom. The van der Waals surface area contributed by atoms with Crippen LogP contribution in [0.4, 0.5) is 5.69 Å². The van der Waals surface area contributed by atoms with Crippen LogP contribution in [-0.2, 0) is 14.3 Å². The molecule has 128 valence electrons. The summed E-state index contributed by atoms with van der Waals surface area (Å²) in [5.74, 6) is -2.39. The standard InChI is InChI=1S/C18H21NO5/c1-3-24-16(21)12-7-9-13(10-8-12)19-15(20)14-6-4-5-11-18(14,2)17(22)23/h4-5,7-10,14H,3,6,11H2,1-2H3,(H,19,20)(H,22,23)/t14-,18-/m1/s1. The summed E-state index contributed by atoms with van der Waals surface area (Å²) in [5, 5.41) is 12.2. The van der Waals surface area contributed by atoms with Crippen molar-refractivity contribution in [2.24, 2.45) is 11.3 Å². The third kappa shape index (κ3) is 3.64. The number of aliphatic carboxylic acids is 1. The minimum Gasteiger partial charge on any atom is -0.481 e. The van der Waals surface area contributed by atoms with Crippen LogP contribution in [0, 0.1) is 11.3 Å². The second-order valence-corrected chi connectivity index (χ2v) is 5.97. The van der Waals surface area contributed by atoms with Gasteiger partial charge in [-0.1, -0.05) is 12.2 Å². The Kier molecular flexibility index (Phi) is 5.39. The van der Waals surface area contributed by atoms with Crippen LogP contribution < -0.4 is 5.32 Å². The number of rotatable bonds is 5. The third-order valence-corrected chi connectivity index (χ3v) is 4.32. The molecule has 0 aliphatic heterocycles. The zero-order valence-corrected chi connectivity index (χ0v) is 13.7. The van der Waals surface area contributed by atoms with Crippen molar-refractivity contribution in [3.05, 3.63) is 42.0 Å². The number of allylic oxidation sites excluding steroid dienone is 2. The van der Waals surface area contributed by atoms with Gasteiger partial charge in [-0.15, -0.1) is 0 Å². The average molecular weight is 331 g/mol. The summed E-state index contributed by atoms with van der Waals surface area (Å²) < 4.78 is 4.90. The SMILES string of the molecule is CCOC(=O)c1ccc(NC(=O)[C@H]2CC=CC[C@@]2(C)C(=O)O)cc1. The smallest absolute Gasteiger partial charge is 0.338 e. The molecule has 0 unspecified atom stereocenters. The van der Waals surface area contributed by atoms with E-state index in [0.717, 1.165) is 0 Å². The molecule has 0 heterocycles. The summed E-state index contributed by atoms with van der Waals surface area (Å²) in [5.41, 5.74) is -0.217. The highest BCUT2D eigenvalue weighted by molar-refractivity contribution is 5.97. The number of ether oxygens (including phenoxy) is 1. The molecular formula is C18H21NO5. The molecule has 1 amide bonds. The monoisotopic (exact) mass is 331 g/mol. The van der Waals surface area contributed by atoms with Crippen molar-refractivity contribution in [2.45, 2.75) is 26.7 Å². The normalized spacial score (nSPS) is 22.7. The summed E-state index contributed by atoms with van der Waals surface area (Å²) in [7, 11) is 0. The number of benzene rings is 1. The van der Waals surface area contributed by atoms with Gasteiger partial charge in [-0.25, -0.2) is 4.79 Å². The summed E-state index contributed by atoms with van der Waals surface area (Å²) in [6.07, 6.45) is 4.34. The highest BCUT2D eigenvalue weighted by Gasteiger charge is 2.45. The van der Waals surface area contributed by atoms with Crippen molar-refractivity contribution >= 4 is 23.5 Å². The number of carboxylic acid groups (broad SMARTS) is 1. The van der Waals surface area contributed by atoms with Crippen molar-refractivity contribution in [2.75, 3.05) is 11.9 Å². The molecular weight excluding hydrogens is 310 g/mol. The van der Waals surface area contributed by atoms with Crippen LogP contribution in [0.5, 0.6) is 0 Å². The topological polar surface area (TPSA) is 92.7 Å². The van der Waals surface area contributed by atoms with E-state index < -0.39 is 23.3 Å². The van der Waals surface area contributed by atoms with E-state index in [0.29, 0.717) is 30.7 Å². The molecule has 1 aliphatic rings. The fourth-order valence-corrected chi connectivity index (χ4v) is 2.73. The highest BCUT2D eigenvalue weighted by atomic mass is 16.5. The molecule has 0 aromatic heterocycles. The number of esters is 1. The maximum Gasteiger partial charge on any atom is 0.338 e. The molecule has 0 saturated carbocycles. The number of carbonyl (C=O) groups excluding carboxylic acids is 2. The Bertz CT molecular complexity index is 664. The molecule has 1 aliphatic carbocycles. The average Bonchev–Trinajstić information content (AvgIpc) is 2.56. The van der Waals surface area contributed by atoms with Crippen molar-refractivity contribution in [1.82, 2.24) is 0 Å². The molecule has 0 fully saturated rings. The minimum atomic E-state index is -1.12. The molecule has 1 aromatic carbocycles. The van der Waals surface area contributed by atoms with Gasteiger partial charge in [-0.3, -0.25) is 9.59 Å². The first-order chi connectivity index (χ1) is 11.4. The molecule has 0 radical (unpaired) electrons. The second-order valence-electron chi connectivity index (χ2n) is 5.97. The van der Waals surface area contributed by atoms with Gasteiger partial charge in [0.2, 0.25) is 5.91 Å². The van der Waals surface area contributed by atoms with Crippen LogP contribution in [0.15, 0.2) is 36.4 Å². The zero-order valence-electron chi connectivity index (χ0n) is 13.7. The maximum atomic E-state index is 12.5. The van der Waals surface area contributed by atoms with Crippen LogP contribution >= 0.6 is 0 Å². The molecule has 2 N–H and O–H groups in total. The highest BCUT2D eigenvalue weighted by Crippen LogP contribution is 2.38.